The van der Waals surface area contributed by atoms with Crippen LogP contribution in [0.15, 0.2) is 0 Å². The molecule has 29 heavy (non-hydrogen) atoms. The molecule has 2 aliphatic rings. The molecule has 0 spiro atoms. The Balaban J connectivity index is 2.10. The highest BCUT2D eigenvalue weighted by Crippen LogP contribution is 2.41. The SMILES string of the molecule is CC(CC1(C)CCCN(S(=O)(=O)C(F)F)C1)[C@@H]1C[C@H](C)CN(S(=O)(=O)C(F)F)C1. The van der Waals surface area contributed by atoms with E-state index in [-0.39, 0.29) is 43.9 Å². The van der Waals surface area contributed by atoms with Crippen LogP contribution in [-0.4, -0.2) is 63.1 Å². The van der Waals surface area contributed by atoms with Crippen LogP contribution in [0.5, 0.6) is 0 Å². The third-order valence-electron chi connectivity index (χ3n) is 6.19. The minimum Gasteiger partial charge on any atom is -0.206 e. The van der Waals surface area contributed by atoms with Crippen molar-refractivity contribution in [1.82, 2.24) is 8.61 Å². The van der Waals surface area contributed by atoms with Crippen molar-refractivity contribution in [1.29, 1.82) is 0 Å². The van der Waals surface area contributed by atoms with E-state index in [4.69, 9.17) is 0 Å². The van der Waals surface area contributed by atoms with Crippen molar-refractivity contribution in [2.45, 2.75) is 58.0 Å². The maximum absolute atomic E-state index is 13.0. The Morgan fingerprint density at radius 3 is 2.10 bits per heavy atom. The number of alkyl halides is 4. The van der Waals surface area contributed by atoms with Crippen LogP contribution in [0, 0.1) is 23.2 Å². The van der Waals surface area contributed by atoms with Gasteiger partial charge in [-0.3, -0.25) is 0 Å². The lowest BCUT2D eigenvalue weighted by molar-refractivity contribution is 0.0842. The van der Waals surface area contributed by atoms with E-state index in [0.29, 0.717) is 25.7 Å². The molecule has 0 radical (unpaired) electrons. The van der Waals surface area contributed by atoms with E-state index in [1.807, 2.05) is 20.8 Å². The smallest absolute Gasteiger partial charge is 0.206 e. The maximum atomic E-state index is 13.0. The van der Waals surface area contributed by atoms with Crippen LogP contribution in [-0.2, 0) is 20.0 Å². The molecule has 6 nitrogen and oxygen atoms in total. The van der Waals surface area contributed by atoms with Gasteiger partial charge in [-0.25, -0.2) is 16.8 Å². The summed E-state index contributed by atoms with van der Waals surface area (Å²) in [4.78, 5) is 0. The minimum absolute atomic E-state index is 0.00664. The summed E-state index contributed by atoms with van der Waals surface area (Å²) in [5.74, 6) is -7.25. The molecular weight excluding hydrogens is 436 g/mol. The number of hydrogen-bond acceptors (Lipinski definition) is 4. The van der Waals surface area contributed by atoms with Crippen molar-refractivity contribution >= 4 is 20.0 Å². The van der Waals surface area contributed by atoms with Crippen LogP contribution in [0.2, 0.25) is 0 Å². The molecule has 2 rings (SSSR count). The highest BCUT2D eigenvalue weighted by atomic mass is 32.2. The molecule has 0 aliphatic carbocycles. The normalized spacial score (nSPS) is 32.0. The van der Waals surface area contributed by atoms with Gasteiger partial charge in [0.25, 0.3) is 20.0 Å². The molecule has 0 saturated carbocycles. The lowest BCUT2D eigenvalue weighted by Crippen LogP contribution is -2.49. The predicted octanol–water partition coefficient (Wildman–Crippen LogP) is 3.18. The van der Waals surface area contributed by atoms with Crippen molar-refractivity contribution in [2.75, 3.05) is 26.2 Å². The fourth-order valence-electron chi connectivity index (χ4n) is 4.79. The third-order valence-corrected chi connectivity index (χ3v) is 9.14. The van der Waals surface area contributed by atoms with Crippen LogP contribution in [0.1, 0.15) is 46.5 Å². The number of nitrogens with zero attached hydrogens (tertiary/aromatic N) is 2. The van der Waals surface area contributed by atoms with Crippen LogP contribution < -0.4 is 0 Å². The number of rotatable bonds is 7. The number of sulfonamides is 2. The standard InChI is InChI=1S/C17H30F4N2O4S2/c1-12-7-14(10-23(9-12)29(26,27)16(20)21)13(2)8-17(3)5-4-6-22(11-17)28(24,25)15(18)19/h12-16H,4-11H2,1-3H3/t12-,13?,14+,17?/m0/s1. The first-order valence-electron chi connectivity index (χ1n) is 9.73. The highest BCUT2D eigenvalue weighted by Gasteiger charge is 2.43. The summed E-state index contributed by atoms with van der Waals surface area (Å²) >= 11 is 0. The van der Waals surface area contributed by atoms with Gasteiger partial charge in [-0.1, -0.05) is 20.8 Å². The quantitative estimate of drug-likeness (QED) is 0.540. The Bertz CT molecular complexity index is 778. The maximum Gasteiger partial charge on any atom is 0.350 e. The van der Waals surface area contributed by atoms with Crippen molar-refractivity contribution in [3.63, 3.8) is 0 Å². The van der Waals surface area contributed by atoms with E-state index in [0.717, 1.165) is 8.61 Å². The Morgan fingerprint density at radius 1 is 1.00 bits per heavy atom. The Kier molecular flexibility index (Phi) is 7.66. The van der Waals surface area contributed by atoms with Crippen LogP contribution in [0.3, 0.4) is 0 Å². The average Bonchev–Trinajstić information content (AvgIpc) is 2.60. The summed E-state index contributed by atoms with van der Waals surface area (Å²) in [5.41, 5.74) is -0.535. The van der Waals surface area contributed by atoms with E-state index in [9.17, 15) is 34.4 Å². The number of hydrogen-bond donors (Lipinski definition) is 0. The zero-order valence-electron chi connectivity index (χ0n) is 16.9. The molecule has 0 aromatic rings. The molecule has 0 bridgehead atoms. The summed E-state index contributed by atoms with van der Waals surface area (Å²) in [6.07, 6.45) is 2.30. The Labute approximate surface area is 170 Å². The molecule has 0 aromatic heterocycles. The van der Waals surface area contributed by atoms with Crippen molar-refractivity contribution < 1.29 is 34.4 Å². The molecule has 2 aliphatic heterocycles. The van der Waals surface area contributed by atoms with Crippen molar-refractivity contribution in [3.05, 3.63) is 0 Å². The molecule has 4 atom stereocenters. The molecule has 2 heterocycles. The van der Waals surface area contributed by atoms with Crippen LogP contribution in [0.4, 0.5) is 17.6 Å². The minimum atomic E-state index is -4.66. The number of piperidine rings is 2. The average molecular weight is 467 g/mol. The highest BCUT2D eigenvalue weighted by molar-refractivity contribution is 7.89. The van der Waals surface area contributed by atoms with Gasteiger partial charge in [-0.05, 0) is 48.9 Å². The van der Waals surface area contributed by atoms with Gasteiger partial charge in [0.2, 0.25) is 0 Å². The van der Waals surface area contributed by atoms with E-state index < -0.39 is 37.0 Å². The van der Waals surface area contributed by atoms with Gasteiger partial charge >= 0.3 is 11.5 Å². The fraction of sp³-hybridized carbons (Fsp3) is 1.00. The van der Waals surface area contributed by atoms with Crippen molar-refractivity contribution in [3.8, 4) is 0 Å². The van der Waals surface area contributed by atoms with Gasteiger partial charge in [0.05, 0.1) is 0 Å². The molecule has 0 N–H and O–H groups in total. The van der Waals surface area contributed by atoms with E-state index >= 15 is 0 Å². The second-order valence-electron chi connectivity index (χ2n) is 8.96. The molecule has 2 fully saturated rings. The Morgan fingerprint density at radius 2 is 1.55 bits per heavy atom. The molecule has 12 heteroatoms. The summed E-state index contributed by atoms with van der Waals surface area (Å²) < 4.78 is 101. The van der Waals surface area contributed by atoms with Gasteiger partial charge in [0.15, 0.2) is 0 Å². The molecular formula is C17H30F4N2O4S2. The molecule has 0 amide bonds. The lowest BCUT2D eigenvalue weighted by Gasteiger charge is -2.44. The van der Waals surface area contributed by atoms with Gasteiger partial charge in [0, 0.05) is 26.2 Å². The zero-order valence-corrected chi connectivity index (χ0v) is 18.5. The Hall–Kier alpha value is -0.460. The monoisotopic (exact) mass is 466 g/mol. The first-order chi connectivity index (χ1) is 13.2. The second-order valence-corrected chi connectivity index (χ2v) is 12.8. The van der Waals surface area contributed by atoms with Crippen molar-refractivity contribution in [2.24, 2.45) is 23.2 Å². The topological polar surface area (TPSA) is 74.8 Å². The third kappa shape index (κ3) is 5.62. The lowest BCUT2D eigenvalue weighted by atomic mass is 9.71. The second kappa shape index (κ2) is 8.96. The van der Waals surface area contributed by atoms with Gasteiger partial charge in [-0.15, -0.1) is 0 Å². The predicted molar refractivity (Wildman–Crippen MR) is 101 cm³/mol. The number of halogens is 4. The first kappa shape index (κ1) is 24.8. The summed E-state index contributed by atoms with van der Waals surface area (Å²) in [6, 6.07) is 0. The van der Waals surface area contributed by atoms with Gasteiger partial charge in [0.1, 0.15) is 0 Å². The van der Waals surface area contributed by atoms with Crippen LogP contribution >= 0.6 is 0 Å². The summed E-state index contributed by atoms with van der Waals surface area (Å²) in [5, 5.41) is 0. The van der Waals surface area contributed by atoms with Gasteiger partial charge in [-0.2, -0.15) is 26.2 Å². The molecule has 0 aromatic carbocycles. The van der Waals surface area contributed by atoms with E-state index in [1.165, 1.54) is 0 Å². The van der Waals surface area contributed by atoms with E-state index in [1.54, 1.807) is 0 Å². The summed E-state index contributed by atoms with van der Waals surface area (Å²) in [7, 11) is -9.31. The zero-order chi connectivity index (χ0) is 22.2. The molecule has 2 saturated heterocycles. The largest absolute Gasteiger partial charge is 0.350 e. The first-order valence-corrected chi connectivity index (χ1v) is 12.7. The fourth-order valence-corrected chi connectivity index (χ4v) is 6.98. The van der Waals surface area contributed by atoms with Gasteiger partial charge < -0.3 is 0 Å². The summed E-state index contributed by atoms with van der Waals surface area (Å²) in [6.45, 7) is 5.62. The molecule has 172 valence electrons. The molecule has 2 unspecified atom stereocenters. The van der Waals surface area contributed by atoms with E-state index in [2.05, 4.69) is 0 Å². The van der Waals surface area contributed by atoms with Crippen LogP contribution in [0.25, 0.3) is 0 Å².